The summed E-state index contributed by atoms with van der Waals surface area (Å²) in [7, 11) is 1.29. The first-order chi connectivity index (χ1) is 30.9. The molecule has 2 aromatic heterocycles. The van der Waals surface area contributed by atoms with Crippen LogP contribution in [-0.2, 0) is 42.8 Å². The third-order valence-electron chi connectivity index (χ3n) is 9.31. The molecule has 0 unspecified atom stereocenters. The maximum atomic E-state index is 13.2. The summed E-state index contributed by atoms with van der Waals surface area (Å²) in [6.45, 7) is 10.9. The van der Waals surface area contributed by atoms with E-state index in [9.17, 15) is 19.2 Å². The fraction of sp³-hybridized carbons (Fsp3) is 0.511. The number of hydrogen-bond acceptors (Lipinski definition) is 15. The molecule has 346 valence electrons. The first kappa shape index (κ1) is 50.5. The molecule has 19 heteroatoms. The molecule has 0 bridgehead atoms. The lowest BCUT2D eigenvalue weighted by Gasteiger charge is -2.27. The van der Waals surface area contributed by atoms with Crippen molar-refractivity contribution in [2.75, 3.05) is 91.1 Å². The van der Waals surface area contributed by atoms with E-state index in [2.05, 4.69) is 25.3 Å². The summed E-state index contributed by atoms with van der Waals surface area (Å²) in [5.41, 5.74) is 11.8. The number of carbonyl (C=O) groups is 4. The van der Waals surface area contributed by atoms with E-state index < -0.39 is 23.6 Å². The van der Waals surface area contributed by atoms with E-state index >= 15 is 0 Å². The van der Waals surface area contributed by atoms with Crippen molar-refractivity contribution in [3.8, 4) is 16.9 Å². The molecule has 2 aromatic carbocycles. The molecule has 0 saturated heterocycles. The van der Waals surface area contributed by atoms with Gasteiger partial charge in [-0.1, -0.05) is 29.4 Å². The van der Waals surface area contributed by atoms with Crippen molar-refractivity contribution in [1.29, 1.82) is 0 Å². The minimum Gasteiger partial charge on any atom is -0.489 e. The molecular weight excluding hydrogens is 831 g/mol. The highest BCUT2D eigenvalue weighted by Gasteiger charge is 2.25. The molecule has 0 aliphatic heterocycles. The zero-order valence-electron chi connectivity index (χ0n) is 37.2. The van der Waals surface area contributed by atoms with Crippen LogP contribution >= 0.6 is 0 Å². The molecule has 1 atom stereocenters. The van der Waals surface area contributed by atoms with Gasteiger partial charge in [-0.3, -0.25) is 19.3 Å². The lowest BCUT2D eigenvalue weighted by molar-refractivity contribution is -0.141. The number of carbonyl (C=O) groups excluding carboxylic acids is 4. The number of anilines is 1. The lowest BCUT2D eigenvalue weighted by Crippen LogP contribution is -2.38. The molecule has 0 aliphatic rings. The van der Waals surface area contributed by atoms with E-state index in [1.165, 1.54) is 18.4 Å². The van der Waals surface area contributed by atoms with Gasteiger partial charge in [0.2, 0.25) is 5.91 Å². The van der Waals surface area contributed by atoms with E-state index in [0.717, 1.165) is 22.3 Å². The van der Waals surface area contributed by atoms with E-state index in [-0.39, 0.29) is 50.6 Å². The van der Waals surface area contributed by atoms with Crippen LogP contribution in [0.1, 0.15) is 63.5 Å². The number of rotatable bonds is 29. The van der Waals surface area contributed by atoms with E-state index in [1.54, 1.807) is 33.0 Å². The predicted octanol–water partition coefficient (Wildman–Crippen LogP) is 6.90. The molecule has 0 aliphatic carbocycles. The van der Waals surface area contributed by atoms with Gasteiger partial charge in [-0.2, -0.15) is 0 Å². The second-order valence-corrected chi connectivity index (χ2v) is 15.4. The number of azide groups is 1. The predicted molar refractivity (Wildman–Crippen MR) is 236 cm³/mol. The summed E-state index contributed by atoms with van der Waals surface area (Å²) in [5, 5.41) is 6.06. The molecule has 1 N–H and O–H groups in total. The second-order valence-electron chi connectivity index (χ2n) is 15.4. The molecule has 64 heavy (non-hydrogen) atoms. The molecule has 0 saturated carbocycles. The van der Waals surface area contributed by atoms with Crippen molar-refractivity contribution in [3.05, 3.63) is 82.7 Å². The molecule has 0 radical (unpaired) electrons. The standard InChI is InChI=1S/C45H59N7O12/c1-32-14-15-47-39(27-32)52(44(56)64-45(2,3)4)17-6-7-40(54)48-30-36(53)28-35(29-41(55)57-5)33-8-10-34(11-9-33)37-12-13-38(42-43(37)63-31-49-42)62-26-25-61-24-23-60-22-21-59-20-19-58-18-16-50-51-46/h8-15,27,31,35H,6-7,16-26,28-30H2,1-5H3,(H,48,54)/t35-/m0/s1. The Balaban J connectivity index is 1.23. The number of hydrogen-bond donors (Lipinski definition) is 1. The fourth-order valence-corrected chi connectivity index (χ4v) is 6.23. The number of oxazole rings is 1. The van der Waals surface area contributed by atoms with Crippen LogP contribution in [0.3, 0.4) is 0 Å². The number of ketones is 1. The van der Waals surface area contributed by atoms with Crippen LogP contribution in [-0.4, -0.2) is 126 Å². The topological polar surface area (TPSA) is 236 Å². The van der Waals surface area contributed by atoms with Crippen LogP contribution < -0.4 is 15.0 Å². The normalized spacial score (nSPS) is 11.7. The van der Waals surface area contributed by atoms with Gasteiger partial charge in [-0.15, -0.1) is 0 Å². The Morgan fingerprint density at radius 2 is 1.55 bits per heavy atom. The number of Topliss-reactive ketones (excluding diaryl/α,β-unsaturated/α-hetero) is 1. The summed E-state index contributed by atoms with van der Waals surface area (Å²) < 4.78 is 44.0. The zero-order valence-corrected chi connectivity index (χ0v) is 37.2. The highest BCUT2D eigenvalue weighted by molar-refractivity contribution is 5.94. The molecule has 4 rings (SSSR count). The smallest absolute Gasteiger partial charge is 0.416 e. The van der Waals surface area contributed by atoms with Gasteiger partial charge >= 0.3 is 12.1 Å². The number of pyridine rings is 1. The van der Waals surface area contributed by atoms with Crippen LogP contribution in [0.2, 0.25) is 0 Å². The molecule has 2 amide bonds. The SMILES string of the molecule is COC(=O)C[C@H](CC(=O)CNC(=O)CCCN(C(=O)OC(C)(C)C)c1cc(C)ccn1)c1ccc(-c2ccc(OCCOCCOCCOCCOCCN=[N+]=[N-])c3ncoc23)cc1. The van der Waals surface area contributed by atoms with Gasteiger partial charge < -0.3 is 42.9 Å². The Bertz CT molecular complexity index is 2130. The van der Waals surface area contributed by atoms with Gasteiger partial charge in [0.05, 0.1) is 72.9 Å². The minimum absolute atomic E-state index is 0.00957. The number of ether oxygens (including phenoxy) is 7. The largest absolute Gasteiger partial charge is 0.489 e. The maximum Gasteiger partial charge on any atom is 0.416 e. The molecule has 4 aromatic rings. The second kappa shape index (κ2) is 27.2. The Kier molecular flexibility index (Phi) is 21.4. The van der Waals surface area contributed by atoms with Gasteiger partial charge in [-0.25, -0.2) is 14.8 Å². The highest BCUT2D eigenvalue weighted by Crippen LogP contribution is 2.35. The Morgan fingerprint density at radius 1 is 0.875 bits per heavy atom. The Morgan fingerprint density at radius 3 is 2.19 bits per heavy atom. The van der Waals surface area contributed by atoms with Crippen LogP contribution in [0, 0.1) is 6.92 Å². The molecule has 2 heterocycles. The molecule has 0 fully saturated rings. The Labute approximate surface area is 372 Å². The summed E-state index contributed by atoms with van der Waals surface area (Å²) in [6.07, 6.45) is 2.70. The van der Waals surface area contributed by atoms with Gasteiger partial charge in [0.25, 0.3) is 0 Å². The first-order valence-corrected chi connectivity index (χ1v) is 21.1. The summed E-state index contributed by atoms with van der Waals surface area (Å²) in [6, 6.07) is 14.7. The van der Waals surface area contributed by atoms with Crippen LogP contribution in [0.5, 0.6) is 5.75 Å². The molecule has 0 spiro atoms. The third-order valence-corrected chi connectivity index (χ3v) is 9.31. The number of amides is 2. The molecule has 19 nitrogen and oxygen atoms in total. The zero-order chi connectivity index (χ0) is 46.2. The number of nitrogens with one attached hydrogen (secondary N) is 1. The van der Waals surface area contributed by atoms with Crippen LogP contribution in [0.25, 0.3) is 32.7 Å². The quantitative estimate of drug-likeness (QED) is 0.0192. The number of esters is 1. The average molecular weight is 890 g/mol. The highest BCUT2D eigenvalue weighted by atomic mass is 16.6. The van der Waals surface area contributed by atoms with Crippen molar-refractivity contribution in [1.82, 2.24) is 15.3 Å². The van der Waals surface area contributed by atoms with E-state index in [4.69, 9.17) is 43.1 Å². The van der Waals surface area contributed by atoms with Crippen LogP contribution in [0.15, 0.2) is 70.7 Å². The maximum absolute atomic E-state index is 13.2. The monoisotopic (exact) mass is 889 g/mol. The number of aryl methyl sites for hydroxylation is 1. The summed E-state index contributed by atoms with van der Waals surface area (Å²) in [5.74, 6) is -0.631. The van der Waals surface area contributed by atoms with Crippen molar-refractivity contribution < 1.29 is 56.8 Å². The van der Waals surface area contributed by atoms with Crippen molar-refractivity contribution in [2.24, 2.45) is 5.11 Å². The van der Waals surface area contributed by atoms with Gasteiger partial charge in [0.15, 0.2) is 23.3 Å². The summed E-state index contributed by atoms with van der Waals surface area (Å²) >= 11 is 0. The average Bonchev–Trinajstić information content (AvgIpc) is 3.77. The van der Waals surface area contributed by atoms with Crippen molar-refractivity contribution >= 4 is 40.7 Å². The van der Waals surface area contributed by atoms with Gasteiger partial charge in [-0.05, 0) is 80.6 Å². The number of nitrogens with zero attached hydrogens (tertiary/aromatic N) is 6. The number of aromatic nitrogens is 2. The summed E-state index contributed by atoms with van der Waals surface area (Å²) in [4.78, 5) is 64.2. The van der Waals surface area contributed by atoms with Crippen molar-refractivity contribution in [2.45, 2.75) is 64.9 Å². The number of methoxy groups -OCH3 is 1. The lowest BCUT2D eigenvalue weighted by atomic mass is 9.89. The third kappa shape index (κ3) is 17.9. The number of fused-ring (bicyclic) bond motifs is 1. The van der Waals surface area contributed by atoms with E-state index in [0.29, 0.717) is 88.5 Å². The molecular formula is C45H59N7O12. The minimum atomic E-state index is -0.721. The first-order valence-electron chi connectivity index (χ1n) is 21.1. The van der Waals surface area contributed by atoms with Crippen LogP contribution in [0.4, 0.5) is 10.6 Å². The van der Waals surface area contributed by atoms with Gasteiger partial charge in [0.1, 0.15) is 23.8 Å². The Hall–Kier alpha value is -6.11. The fourth-order valence-electron chi connectivity index (χ4n) is 6.23. The number of benzene rings is 2. The van der Waals surface area contributed by atoms with E-state index in [1.807, 2.05) is 49.4 Å². The van der Waals surface area contributed by atoms with Crippen molar-refractivity contribution in [3.63, 3.8) is 0 Å². The van der Waals surface area contributed by atoms with Gasteiger partial charge in [0, 0.05) is 48.5 Å².